The molecule has 0 radical (unpaired) electrons. The van der Waals surface area contributed by atoms with Crippen LogP contribution in [0.1, 0.15) is 26.0 Å². The van der Waals surface area contributed by atoms with Crippen molar-refractivity contribution in [3.63, 3.8) is 0 Å². The Bertz CT molecular complexity index is 317. The molecule has 1 N–H and O–H groups in total. The topological polar surface area (TPSA) is 29.9 Å². The first-order valence-electron chi connectivity index (χ1n) is 4.99. The van der Waals surface area contributed by atoms with E-state index in [1.54, 1.807) is 0 Å². The maximum atomic E-state index is 4.25. The van der Waals surface area contributed by atoms with E-state index in [0.717, 1.165) is 26.1 Å². The molecule has 0 aliphatic carbocycles. The summed E-state index contributed by atoms with van der Waals surface area (Å²) in [7, 11) is 0. The van der Waals surface area contributed by atoms with Gasteiger partial charge in [-0.1, -0.05) is 6.92 Å². The summed E-state index contributed by atoms with van der Waals surface area (Å²) in [5, 5.41) is 7.53. The normalized spacial score (nSPS) is 9.57. The van der Waals surface area contributed by atoms with E-state index >= 15 is 0 Å². The zero-order chi connectivity index (χ0) is 10.2. The van der Waals surface area contributed by atoms with Crippen LogP contribution in [0.2, 0.25) is 0 Å². The molecule has 0 saturated carbocycles. The van der Waals surface area contributed by atoms with Crippen molar-refractivity contribution in [2.45, 2.75) is 33.4 Å². The molecule has 1 aromatic rings. The molecule has 0 fully saturated rings. The van der Waals surface area contributed by atoms with Crippen molar-refractivity contribution < 1.29 is 0 Å². The lowest BCUT2D eigenvalue weighted by atomic mass is 10.4. The van der Waals surface area contributed by atoms with E-state index in [4.69, 9.17) is 0 Å². The van der Waals surface area contributed by atoms with Gasteiger partial charge in [0.05, 0.1) is 12.2 Å². The second kappa shape index (κ2) is 6.22. The van der Waals surface area contributed by atoms with Gasteiger partial charge in [0.2, 0.25) is 0 Å². The van der Waals surface area contributed by atoms with Crippen molar-refractivity contribution in [2.75, 3.05) is 6.54 Å². The third-order valence-corrected chi connectivity index (χ3v) is 1.99. The molecule has 0 aromatic carbocycles. The van der Waals surface area contributed by atoms with Crippen molar-refractivity contribution in [2.24, 2.45) is 0 Å². The molecule has 1 heterocycles. The van der Waals surface area contributed by atoms with E-state index in [-0.39, 0.29) is 0 Å². The van der Waals surface area contributed by atoms with Crippen LogP contribution in [-0.4, -0.2) is 16.3 Å². The standard InChI is InChI=1S/C11H17N3/c1-3-5-6-9-14-11(7-8-13-14)10-12-4-2/h7-8,12H,4,6,9-10H2,1-2H3. The zero-order valence-electron chi connectivity index (χ0n) is 8.88. The van der Waals surface area contributed by atoms with E-state index in [1.165, 1.54) is 5.69 Å². The highest BCUT2D eigenvalue weighted by Gasteiger charge is 1.99. The van der Waals surface area contributed by atoms with Crippen molar-refractivity contribution in [3.05, 3.63) is 18.0 Å². The van der Waals surface area contributed by atoms with Crippen LogP contribution in [0.25, 0.3) is 0 Å². The Hall–Kier alpha value is -1.27. The highest BCUT2D eigenvalue weighted by atomic mass is 15.3. The van der Waals surface area contributed by atoms with Crippen LogP contribution in [0, 0.1) is 11.8 Å². The SMILES string of the molecule is CC#CCCn1nccc1CNCC. The maximum Gasteiger partial charge on any atom is 0.0522 e. The Morgan fingerprint density at radius 3 is 3.14 bits per heavy atom. The summed E-state index contributed by atoms with van der Waals surface area (Å²) in [5.41, 5.74) is 1.23. The third-order valence-electron chi connectivity index (χ3n) is 1.99. The van der Waals surface area contributed by atoms with Crippen LogP contribution in [0.4, 0.5) is 0 Å². The quantitative estimate of drug-likeness (QED) is 0.713. The molecule has 0 aliphatic heterocycles. The molecule has 0 saturated heterocycles. The van der Waals surface area contributed by atoms with Crippen LogP contribution in [-0.2, 0) is 13.1 Å². The lowest BCUT2D eigenvalue weighted by molar-refractivity contribution is 0.572. The third kappa shape index (κ3) is 3.23. The number of rotatable bonds is 5. The summed E-state index contributed by atoms with van der Waals surface area (Å²) < 4.78 is 2.01. The van der Waals surface area contributed by atoms with Gasteiger partial charge in [-0.25, -0.2) is 0 Å². The second-order valence-electron chi connectivity index (χ2n) is 3.00. The number of nitrogens with one attached hydrogen (secondary N) is 1. The summed E-state index contributed by atoms with van der Waals surface area (Å²) in [6.07, 6.45) is 2.71. The van der Waals surface area contributed by atoms with Gasteiger partial charge in [0.15, 0.2) is 0 Å². The predicted octanol–water partition coefficient (Wildman–Crippen LogP) is 1.41. The summed E-state index contributed by atoms with van der Waals surface area (Å²) in [5.74, 6) is 5.92. The van der Waals surface area contributed by atoms with Crippen LogP contribution in [0.15, 0.2) is 12.3 Å². The lowest BCUT2D eigenvalue weighted by Gasteiger charge is -2.05. The first-order valence-corrected chi connectivity index (χ1v) is 4.99. The van der Waals surface area contributed by atoms with Gasteiger partial charge in [-0.2, -0.15) is 5.10 Å². The van der Waals surface area contributed by atoms with E-state index in [1.807, 2.05) is 23.9 Å². The number of hydrogen-bond acceptors (Lipinski definition) is 2. The Morgan fingerprint density at radius 2 is 2.43 bits per heavy atom. The summed E-state index contributed by atoms with van der Waals surface area (Å²) in [6, 6.07) is 2.04. The number of aromatic nitrogens is 2. The van der Waals surface area contributed by atoms with Gasteiger partial charge in [-0.05, 0) is 19.5 Å². The Labute approximate surface area is 85.5 Å². The molecule has 0 spiro atoms. The predicted molar refractivity (Wildman–Crippen MR) is 57.7 cm³/mol. The molecule has 3 nitrogen and oxygen atoms in total. The molecule has 0 bridgehead atoms. The largest absolute Gasteiger partial charge is 0.311 e. The van der Waals surface area contributed by atoms with Gasteiger partial charge < -0.3 is 5.32 Å². The van der Waals surface area contributed by atoms with Gasteiger partial charge in [0.1, 0.15) is 0 Å². The molecular formula is C11H17N3. The van der Waals surface area contributed by atoms with Crippen molar-refractivity contribution in [3.8, 4) is 11.8 Å². The highest BCUT2D eigenvalue weighted by Crippen LogP contribution is 1.99. The maximum absolute atomic E-state index is 4.25. The molecule has 1 rings (SSSR count). The average Bonchev–Trinajstić information content (AvgIpc) is 2.63. The van der Waals surface area contributed by atoms with Gasteiger partial charge in [-0.15, -0.1) is 11.8 Å². The summed E-state index contributed by atoms with van der Waals surface area (Å²) in [4.78, 5) is 0. The van der Waals surface area contributed by atoms with Crippen LogP contribution in [0.3, 0.4) is 0 Å². The molecule has 0 atom stereocenters. The van der Waals surface area contributed by atoms with Gasteiger partial charge in [-0.3, -0.25) is 4.68 Å². The average molecular weight is 191 g/mol. The first-order chi connectivity index (χ1) is 6.88. The molecule has 0 unspecified atom stereocenters. The fourth-order valence-corrected chi connectivity index (χ4v) is 1.25. The molecular weight excluding hydrogens is 174 g/mol. The number of nitrogens with zero attached hydrogens (tertiary/aromatic N) is 2. The minimum atomic E-state index is 0.872. The van der Waals surface area contributed by atoms with Crippen LogP contribution in [0.5, 0.6) is 0 Å². The smallest absolute Gasteiger partial charge is 0.0522 e. The molecule has 14 heavy (non-hydrogen) atoms. The molecule has 0 aliphatic rings. The fraction of sp³-hybridized carbons (Fsp3) is 0.545. The molecule has 1 aromatic heterocycles. The van der Waals surface area contributed by atoms with E-state index in [2.05, 4.69) is 29.2 Å². The number of aryl methyl sites for hydroxylation is 1. The van der Waals surface area contributed by atoms with E-state index in [0.29, 0.717) is 0 Å². The van der Waals surface area contributed by atoms with E-state index < -0.39 is 0 Å². The van der Waals surface area contributed by atoms with Crippen LogP contribution < -0.4 is 5.32 Å². The van der Waals surface area contributed by atoms with Crippen molar-refractivity contribution >= 4 is 0 Å². The summed E-state index contributed by atoms with van der Waals surface area (Å²) in [6.45, 7) is 6.72. The van der Waals surface area contributed by atoms with Gasteiger partial charge in [0.25, 0.3) is 0 Å². The van der Waals surface area contributed by atoms with Crippen LogP contribution >= 0.6 is 0 Å². The fourth-order valence-electron chi connectivity index (χ4n) is 1.25. The van der Waals surface area contributed by atoms with Crippen molar-refractivity contribution in [1.29, 1.82) is 0 Å². The molecule has 3 heteroatoms. The Balaban J connectivity index is 2.47. The molecule has 0 amide bonds. The zero-order valence-corrected chi connectivity index (χ0v) is 8.88. The van der Waals surface area contributed by atoms with Crippen molar-refractivity contribution in [1.82, 2.24) is 15.1 Å². The first kappa shape index (κ1) is 10.8. The van der Waals surface area contributed by atoms with Gasteiger partial charge >= 0.3 is 0 Å². The minimum absolute atomic E-state index is 0.872. The minimum Gasteiger partial charge on any atom is -0.311 e. The molecule has 76 valence electrons. The summed E-state index contributed by atoms with van der Waals surface area (Å²) >= 11 is 0. The van der Waals surface area contributed by atoms with E-state index in [9.17, 15) is 0 Å². The highest BCUT2D eigenvalue weighted by molar-refractivity contribution is 5.01. The van der Waals surface area contributed by atoms with Gasteiger partial charge in [0, 0.05) is 19.2 Å². The Morgan fingerprint density at radius 1 is 1.57 bits per heavy atom. The monoisotopic (exact) mass is 191 g/mol. The number of hydrogen-bond donors (Lipinski definition) is 1. The Kier molecular flexibility index (Phi) is 4.81. The second-order valence-corrected chi connectivity index (χ2v) is 3.00. The lowest BCUT2D eigenvalue weighted by Crippen LogP contribution is -2.16.